The molecule has 1 aromatic carbocycles. The first-order valence-corrected chi connectivity index (χ1v) is 11.8. The van der Waals surface area contributed by atoms with E-state index in [0.29, 0.717) is 24.4 Å². The minimum Gasteiger partial charge on any atom is -0.342 e. The first-order valence-electron chi connectivity index (χ1n) is 10.1. The number of amides is 1. The van der Waals surface area contributed by atoms with Crippen LogP contribution >= 0.6 is 0 Å². The zero-order valence-corrected chi connectivity index (χ0v) is 17.8. The Bertz CT molecular complexity index is 1140. The number of benzene rings is 1. The largest absolute Gasteiger partial charge is 0.342 e. The molecule has 0 saturated carbocycles. The quantitative estimate of drug-likeness (QED) is 0.599. The van der Waals surface area contributed by atoms with E-state index in [1.807, 2.05) is 11.9 Å². The molecule has 158 valence electrons. The van der Waals surface area contributed by atoms with Crippen molar-refractivity contribution in [3.8, 4) is 0 Å². The molecule has 0 N–H and O–H groups in total. The van der Waals surface area contributed by atoms with E-state index in [9.17, 15) is 13.2 Å². The average molecular weight is 428 g/mol. The van der Waals surface area contributed by atoms with Crippen molar-refractivity contribution >= 4 is 26.9 Å². The van der Waals surface area contributed by atoms with Gasteiger partial charge in [0, 0.05) is 44.9 Å². The van der Waals surface area contributed by atoms with Gasteiger partial charge in [0.25, 0.3) is 0 Å². The van der Waals surface area contributed by atoms with E-state index >= 15 is 0 Å². The highest BCUT2D eigenvalue weighted by atomic mass is 32.2. The lowest BCUT2D eigenvalue weighted by atomic mass is 9.94. The Kier molecular flexibility index (Phi) is 5.80. The predicted octanol–water partition coefficient (Wildman–Crippen LogP) is 2.32. The van der Waals surface area contributed by atoms with Gasteiger partial charge in [0.1, 0.15) is 5.52 Å². The second kappa shape index (κ2) is 8.51. The maximum Gasteiger partial charge on any atom is 0.222 e. The van der Waals surface area contributed by atoms with Crippen molar-refractivity contribution < 1.29 is 13.2 Å². The first kappa shape index (κ1) is 20.5. The van der Waals surface area contributed by atoms with E-state index in [4.69, 9.17) is 0 Å². The topological polar surface area (TPSA) is 98.1 Å². The van der Waals surface area contributed by atoms with Crippen molar-refractivity contribution in [1.29, 1.82) is 0 Å². The molecule has 0 bridgehead atoms. The molecule has 1 fully saturated rings. The molecular weight excluding hydrogens is 402 g/mol. The summed E-state index contributed by atoms with van der Waals surface area (Å²) in [5.41, 5.74) is 2.40. The van der Waals surface area contributed by atoms with Crippen LogP contribution in [0.25, 0.3) is 11.2 Å². The fraction of sp³-hybridized carbons (Fsp3) is 0.429. The Balaban J connectivity index is 1.38. The number of likely N-dealkylation sites (tertiary alicyclic amines) is 1. The second-order valence-electron chi connectivity index (χ2n) is 7.65. The third kappa shape index (κ3) is 4.21. The van der Waals surface area contributed by atoms with Crippen molar-refractivity contribution in [2.24, 2.45) is 7.05 Å². The van der Waals surface area contributed by atoms with Crippen LogP contribution in [0.1, 0.15) is 37.3 Å². The molecule has 1 aliphatic heterocycles. The van der Waals surface area contributed by atoms with Gasteiger partial charge in [0.2, 0.25) is 5.91 Å². The number of hydrogen-bond donors (Lipinski definition) is 0. The van der Waals surface area contributed by atoms with E-state index in [1.54, 1.807) is 47.4 Å². The van der Waals surface area contributed by atoms with Crippen LogP contribution < -0.4 is 0 Å². The van der Waals surface area contributed by atoms with Crippen LogP contribution in [0.15, 0.2) is 47.6 Å². The van der Waals surface area contributed by atoms with Gasteiger partial charge in [0.05, 0.1) is 16.3 Å². The smallest absolute Gasteiger partial charge is 0.222 e. The molecule has 1 saturated heterocycles. The number of aryl methyl sites for hydroxylation is 1. The molecule has 9 heteroatoms. The highest BCUT2D eigenvalue weighted by Gasteiger charge is 2.28. The number of hydrogen-bond acceptors (Lipinski definition) is 6. The molecule has 30 heavy (non-hydrogen) atoms. The summed E-state index contributed by atoms with van der Waals surface area (Å²) in [5, 5.41) is 4.61. The van der Waals surface area contributed by atoms with E-state index in [-0.39, 0.29) is 24.0 Å². The van der Waals surface area contributed by atoms with Gasteiger partial charge < -0.3 is 4.90 Å². The molecule has 0 radical (unpaired) electrons. The maximum absolute atomic E-state index is 12.7. The molecule has 1 aliphatic rings. The summed E-state index contributed by atoms with van der Waals surface area (Å²) in [7, 11) is -1.51. The van der Waals surface area contributed by atoms with Crippen LogP contribution in [0.3, 0.4) is 0 Å². The van der Waals surface area contributed by atoms with E-state index in [1.165, 1.54) is 0 Å². The number of nitrogens with zero attached hydrogens (tertiary/aromatic N) is 5. The Labute approximate surface area is 175 Å². The molecule has 3 heterocycles. The van der Waals surface area contributed by atoms with Crippen LogP contribution in [-0.4, -0.2) is 57.8 Å². The Morgan fingerprint density at radius 3 is 2.73 bits per heavy atom. The Hall–Kier alpha value is -2.81. The van der Waals surface area contributed by atoms with Crippen LogP contribution in [0, 0.1) is 0 Å². The van der Waals surface area contributed by atoms with Gasteiger partial charge in [-0.25, -0.2) is 23.1 Å². The van der Waals surface area contributed by atoms with Gasteiger partial charge in [-0.15, -0.1) is 0 Å². The summed E-state index contributed by atoms with van der Waals surface area (Å²) in [5.74, 6) is 0.0750. The van der Waals surface area contributed by atoms with Gasteiger partial charge in [0.15, 0.2) is 15.5 Å². The van der Waals surface area contributed by atoms with E-state index < -0.39 is 9.84 Å². The maximum atomic E-state index is 12.7. The van der Waals surface area contributed by atoms with Crippen molar-refractivity contribution in [3.63, 3.8) is 0 Å². The van der Waals surface area contributed by atoms with Crippen molar-refractivity contribution in [3.05, 3.63) is 48.4 Å². The predicted molar refractivity (Wildman–Crippen MR) is 113 cm³/mol. The van der Waals surface area contributed by atoms with Crippen molar-refractivity contribution in [2.75, 3.05) is 18.8 Å². The number of sulfone groups is 1. The number of piperidine rings is 1. The number of carbonyl (C=O) groups excluding carboxylic acids is 1. The lowest BCUT2D eigenvalue weighted by Gasteiger charge is -2.32. The zero-order chi connectivity index (χ0) is 21.1. The fourth-order valence-corrected chi connectivity index (χ4v) is 5.36. The van der Waals surface area contributed by atoms with E-state index in [0.717, 1.165) is 29.7 Å². The van der Waals surface area contributed by atoms with Gasteiger partial charge in [-0.3, -0.25) is 4.79 Å². The molecular formula is C21H25N5O3S. The third-order valence-corrected chi connectivity index (χ3v) is 7.37. The first-order chi connectivity index (χ1) is 14.5. The lowest BCUT2D eigenvalue weighted by molar-refractivity contribution is -0.132. The minimum absolute atomic E-state index is 0.00529. The van der Waals surface area contributed by atoms with Crippen LogP contribution in [0.2, 0.25) is 0 Å². The molecule has 1 amide bonds. The van der Waals surface area contributed by atoms with Gasteiger partial charge in [-0.2, -0.15) is 5.10 Å². The average Bonchev–Trinajstić information content (AvgIpc) is 3.11. The van der Waals surface area contributed by atoms with Crippen LogP contribution in [-0.2, 0) is 21.7 Å². The van der Waals surface area contributed by atoms with Crippen molar-refractivity contribution in [2.45, 2.75) is 36.5 Å². The summed E-state index contributed by atoms with van der Waals surface area (Å²) in [6.45, 7) is 1.27. The number of fused-ring (bicyclic) bond motifs is 1. The van der Waals surface area contributed by atoms with Gasteiger partial charge in [-0.1, -0.05) is 18.2 Å². The summed E-state index contributed by atoms with van der Waals surface area (Å²) in [4.78, 5) is 23.7. The lowest BCUT2D eigenvalue weighted by Crippen LogP contribution is -2.39. The molecule has 3 aromatic rings. The third-order valence-electron chi connectivity index (χ3n) is 5.55. The monoisotopic (exact) mass is 427 g/mol. The molecule has 0 aliphatic carbocycles. The molecule has 2 aromatic heterocycles. The minimum atomic E-state index is -3.36. The van der Waals surface area contributed by atoms with Gasteiger partial charge in [-0.05, 0) is 31.4 Å². The highest BCUT2D eigenvalue weighted by Crippen LogP contribution is 2.30. The number of aromatic nitrogens is 4. The molecule has 1 atom stereocenters. The molecule has 8 nitrogen and oxygen atoms in total. The zero-order valence-electron chi connectivity index (χ0n) is 16.9. The molecule has 0 spiro atoms. The fourth-order valence-electron chi connectivity index (χ4n) is 4.02. The van der Waals surface area contributed by atoms with Crippen molar-refractivity contribution in [1.82, 2.24) is 24.6 Å². The standard InChI is InChI=1S/C21H25N5O3S/c1-25-21-20(22-11-12-23-21)19(24-25)16-7-5-13-26(15-16)18(27)10-6-14-30(28,29)17-8-3-2-4-9-17/h2-4,8-9,11-12,16H,5-7,10,13-15H2,1H3/t16-/m0/s1. The molecule has 0 unspecified atom stereocenters. The summed E-state index contributed by atoms with van der Waals surface area (Å²) in [6, 6.07) is 8.37. The van der Waals surface area contributed by atoms with E-state index in [2.05, 4.69) is 15.1 Å². The molecule has 4 rings (SSSR count). The number of rotatable bonds is 6. The normalized spacial score (nSPS) is 17.4. The summed E-state index contributed by atoms with van der Waals surface area (Å²) < 4.78 is 26.5. The number of carbonyl (C=O) groups is 1. The Morgan fingerprint density at radius 2 is 1.93 bits per heavy atom. The summed E-state index contributed by atoms with van der Waals surface area (Å²) >= 11 is 0. The van der Waals surface area contributed by atoms with Gasteiger partial charge >= 0.3 is 0 Å². The van der Waals surface area contributed by atoms with Crippen LogP contribution in [0.4, 0.5) is 0 Å². The summed E-state index contributed by atoms with van der Waals surface area (Å²) in [6.07, 6.45) is 5.67. The highest BCUT2D eigenvalue weighted by molar-refractivity contribution is 7.91. The SMILES string of the molecule is Cn1nc([C@H]2CCCN(C(=O)CCCS(=O)(=O)c3ccccc3)C2)c2nccnc21. The Morgan fingerprint density at radius 1 is 1.17 bits per heavy atom. The second-order valence-corrected chi connectivity index (χ2v) is 9.76. The van der Waals surface area contributed by atoms with Crippen LogP contribution in [0.5, 0.6) is 0 Å².